The highest BCUT2D eigenvalue weighted by atomic mass is 79.9. The third-order valence-corrected chi connectivity index (χ3v) is 5.51. The number of nitrogens with zero attached hydrogens (tertiary/aromatic N) is 1. The van der Waals surface area contributed by atoms with Gasteiger partial charge in [0, 0.05) is 10.2 Å². The molecule has 0 heterocycles. The van der Waals surface area contributed by atoms with Gasteiger partial charge in [0.05, 0.1) is 24.2 Å². The van der Waals surface area contributed by atoms with Crippen molar-refractivity contribution >= 4 is 27.5 Å². The molecule has 0 spiro atoms. The van der Waals surface area contributed by atoms with Crippen LogP contribution < -0.4 is 10.1 Å². The molecule has 1 fully saturated rings. The molecule has 1 amide bonds. The molecule has 2 aromatic carbocycles. The van der Waals surface area contributed by atoms with Crippen molar-refractivity contribution in [3.8, 4) is 11.8 Å². The highest BCUT2D eigenvalue weighted by Gasteiger charge is 2.35. The number of hydrogen-bond donors (Lipinski definition) is 1. The molecule has 3 rings (SSSR count). The third-order valence-electron chi connectivity index (χ3n) is 5.05. The molecule has 1 saturated carbocycles. The molecular formula is C21H21BrN2O2. The Morgan fingerprint density at radius 2 is 1.88 bits per heavy atom. The van der Waals surface area contributed by atoms with Crippen LogP contribution in [0.3, 0.4) is 0 Å². The first-order valence-corrected chi connectivity index (χ1v) is 9.46. The summed E-state index contributed by atoms with van der Waals surface area (Å²) in [5.41, 5.74) is 2.73. The van der Waals surface area contributed by atoms with Crippen LogP contribution in [0.15, 0.2) is 40.9 Å². The smallest absolute Gasteiger partial charge is 0.259 e. The van der Waals surface area contributed by atoms with Gasteiger partial charge >= 0.3 is 0 Å². The molecule has 0 unspecified atom stereocenters. The van der Waals surface area contributed by atoms with E-state index in [1.807, 2.05) is 37.3 Å². The maximum atomic E-state index is 12.7. The number of aryl methyl sites for hydroxylation is 1. The Balaban J connectivity index is 1.82. The van der Waals surface area contributed by atoms with Gasteiger partial charge in [-0.15, -0.1) is 0 Å². The molecule has 4 nitrogen and oxygen atoms in total. The number of ether oxygens (including phenoxy) is 1. The second kappa shape index (κ2) is 7.51. The van der Waals surface area contributed by atoms with Crippen LogP contribution in [-0.2, 0) is 5.41 Å². The van der Waals surface area contributed by atoms with Crippen LogP contribution in [0.1, 0.15) is 47.2 Å². The van der Waals surface area contributed by atoms with Crippen molar-refractivity contribution in [3.05, 3.63) is 57.6 Å². The zero-order valence-electron chi connectivity index (χ0n) is 14.9. The lowest BCUT2D eigenvalue weighted by Gasteiger charge is -2.21. The molecule has 134 valence electrons. The molecule has 5 heteroatoms. The number of rotatable bonds is 4. The van der Waals surface area contributed by atoms with Crippen molar-refractivity contribution in [2.45, 2.75) is 38.0 Å². The SMILES string of the molecule is COc1c(C)cc(Br)cc1C(=O)Nc1ccc(C2(C#N)CCCC2)cc1. The monoisotopic (exact) mass is 412 g/mol. The first-order valence-electron chi connectivity index (χ1n) is 8.66. The van der Waals surface area contributed by atoms with Crippen LogP contribution in [0.5, 0.6) is 5.75 Å². The van der Waals surface area contributed by atoms with Gasteiger partial charge in [-0.2, -0.15) is 5.26 Å². The fourth-order valence-electron chi connectivity index (χ4n) is 3.68. The molecule has 1 N–H and O–H groups in total. The lowest BCUT2D eigenvalue weighted by Crippen LogP contribution is -2.19. The lowest BCUT2D eigenvalue weighted by molar-refractivity contribution is 0.102. The second-order valence-electron chi connectivity index (χ2n) is 6.74. The van der Waals surface area contributed by atoms with Crippen LogP contribution >= 0.6 is 15.9 Å². The Hall–Kier alpha value is -2.32. The molecule has 2 aromatic rings. The second-order valence-corrected chi connectivity index (χ2v) is 7.65. The van der Waals surface area contributed by atoms with Gasteiger partial charge in [0.2, 0.25) is 0 Å². The van der Waals surface area contributed by atoms with Crippen LogP contribution in [0.2, 0.25) is 0 Å². The van der Waals surface area contributed by atoms with E-state index in [2.05, 4.69) is 27.3 Å². The van der Waals surface area contributed by atoms with Gasteiger partial charge in [0.25, 0.3) is 5.91 Å². The summed E-state index contributed by atoms with van der Waals surface area (Å²) in [4.78, 5) is 12.7. The number of hydrogen-bond acceptors (Lipinski definition) is 3. The summed E-state index contributed by atoms with van der Waals surface area (Å²) in [5.74, 6) is 0.339. The molecule has 0 aromatic heterocycles. The van der Waals surface area contributed by atoms with Crippen molar-refractivity contribution in [2.75, 3.05) is 12.4 Å². The standard InChI is InChI=1S/C21H21BrN2O2/c1-14-11-16(22)12-18(19(14)26-2)20(25)24-17-7-5-15(6-8-17)21(13-23)9-3-4-10-21/h5-8,11-12H,3-4,9-10H2,1-2H3,(H,24,25). The number of nitrogens with one attached hydrogen (secondary N) is 1. The fraction of sp³-hybridized carbons (Fsp3) is 0.333. The van der Waals surface area contributed by atoms with E-state index in [0.29, 0.717) is 17.0 Å². The van der Waals surface area contributed by atoms with Crippen LogP contribution in [-0.4, -0.2) is 13.0 Å². The predicted molar refractivity (Wildman–Crippen MR) is 106 cm³/mol. The first kappa shape index (κ1) is 18.5. The lowest BCUT2D eigenvalue weighted by atomic mass is 9.80. The average molecular weight is 413 g/mol. The number of amides is 1. The molecule has 0 bridgehead atoms. The Bertz CT molecular complexity index is 863. The maximum Gasteiger partial charge on any atom is 0.259 e. The van der Waals surface area contributed by atoms with Gasteiger partial charge in [-0.25, -0.2) is 0 Å². The Labute approximate surface area is 162 Å². The largest absolute Gasteiger partial charge is 0.496 e. The van der Waals surface area contributed by atoms with Crippen LogP contribution in [0, 0.1) is 18.3 Å². The van der Waals surface area contributed by atoms with E-state index in [1.165, 1.54) is 0 Å². The first-order chi connectivity index (χ1) is 12.5. The predicted octanol–water partition coefficient (Wildman–Crippen LogP) is 5.35. The highest BCUT2D eigenvalue weighted by Crippen LogP contribution is 2.40. The van der Waals surface area contributed by atoms with Crippen molar-refractivity contribution in [1.82, 2.24) is 0 Å². The Morgan fingerprint density at radius 3 is 2.46 bits per heavy atom. The summed E-state index contributed by atoms with van der Waals surface area (Å²) in [5, 5.41) is 12.5. The van der Waals surface area contributed by atoms with Gasteiger partial charge in [0.15, 0.2) is 0 Å². The average Bonchev–Trinajstić information content (AvgIpc) is 3.12. The number of benzene rings is 2. The van der Waals surface area contributed by atoms with Crippen molar-refractivity contribution in [2.24, 2.45) is 0 Å². The molecular weight excluding hydrogens is 392 g/mol. The summed E-state index contributed by atoms with van der Waals surface area (Å²) in [6, 6.07) is 13.8. The van der Waals surface area contributed by atoms with Crippen LogP contribution in [0.25, 0.3) is 0 Å². The number of methoxy groups -OCH3 is 1. The Kier molecular flexibility index (Phi) is 5.33. The normalized spacial score (nSPS) is 15.3. The topological polar surface area (TPSA) is 62.1 Å². The molecule has 26 heavy (non-hydrogen) atoms. The van der Waals surface area contributed by atoms with Crippen molar-refractivity contribution in [1.29, 1.82) is 5.26 Å². The molecule has 1 aliphatic rings. The van der Waals surface area contributed by atoms with Crippen molar-refractivity contribution in [3.63, 3.8) is 0 Å². The van der Waals surface area contributed by atoms with E-state index in [0.717, 1.165) is 41.3 Å². The minimum absolute atomic E-state index is 0.227. The van der Waals surface area contributed by atoms with E-state index in [9.17, 15) is 10.1 Å². The minimum Gasteiger partial charge on any atom is -0.496 e. The van der Waals surface area contributed by atoms with Gasteiger partial charge in [-0.1, -0.05) is 40.9 Å². The van der Waals surface area contributed by atoms with E-state index >= 15 is 0 Å². The number of nitriles is 1. The quantitative estimate of drug-likeness (QED) is 0.735. The molecule has 0 aliphatic heterocycles. The number of halogens is 1. The van der Waals surface area contributed by atoms with E-state index in [-0.39, 0.29) is 11.3 Å². The number of carbonyl (C=O) groups excluding carboxylic acids is 1. The van der Waals surface area contributed by atoms with Gasteiger partial charge in [-0.05, 0) is 55.2 Å². The molecule has 0 atom stereocenters. The summed E-state index contributed by atoms with van der Waals surface area (Å²) >= 11 is 3.42. The van der Waals surface area contributed by atoms with E-state index < -0.39 is 0 Å². The molecule has 0 saturated heterocycles. The van der Waals surface area contributed by atoms with Crippen LogP contribution in [0.4, 0.5) is 5.69 Å². The van der Waals surface area contributed by atoms with E-state index in [1.54, 1.807) is 13.2 Å². The van der Waals surface area contributed by atoms with E-state index in [4.69, 9.17) is 4.74 Å². The molecule has 0 radical (unpaired) electrons. The van der Waals surface area contributed by atoms with Crippen molar-refractivity contribution < 1.29 is 9.53 Å². The number of anilines is 1. The fourth-order valence-corrected chi connectivity index (χ4v) is 4.26. The van der Waals surface area contributed by atoms with Gasteiger partial charge in [-0.3, -0.25) is 4.79 Å². The highest BCUT2D eigenvalue weighted by molar-refractivity contribution is 9.10. The summed E-state index contributed by atoms with van der Waals surface area (Å²) in [6.07, 6.45) is 4.00. The molecule has 1 aliphatic carbocycles. The number of carbonyl (C=O) groups is 1. The third kappa shape index (κ3) is 3.47. The summed E-state index contributed by atoms with van der Waals surface area (Å²) in [6.45, 7) is 1.90. The zero-order chi connectivity index (χ0) is 18.7. The summed E-state index contributed by atoms with van der Waals surface area (Å²) < 4.78 is 6.21. The maximum absolute atomic E-state index is 12.7. The zero-order valence-corrected chi connectivity index (χ0v) is 16.5. The van der Waals surface area contributed by atoms with Gasteiger partial charge < -0.3 is 10.1 Å². The minimum atomic E-state index is -0.368. The summed E-state index contributed by atoms with van der Waals surface area (Å²) in [7, 11) is 1.56. The Morgan fingerprint density at radius 1 is 1.23 bits per heavy atom. The van der Waals surface area contributed by atoms with Gasteiger partial charge in [0.1, 0.15) is 5.75 Å².